The van der Waals surface area contributed by atoms with Gasteiger partial charge in [0.2, 0.25) is 0 Å². The number of para-hydroxylation sites is 1. The maximum atomic E-state index is 13.1. The highest BCUT2D eigenvalue weighted by atomic mass is 16.5. The van der Waals surface area contributed by atoms with Crippen LogP contribution in [0.3, 0.4) is 0 Å². The van der Waals surface area contributed by atoms with E-state index in [-0.39, 0.29) is 5.63 Å². The van der Waals surface area contributed by atoms with Gasteiger partial charge in [-0.05, 0) is 24.3 Å². The lowest BCUT2D eigenvalue weighted by Gasteiger charge is -2.46. The van der Waals surface area contributed by atoms with E-state index >= 15 is 0 Å². The van der Waals surface area contributed by atoms with Gasteiger partial charge in [-0.2, -0.15) is 0 Å². The Morgan fingerprint density at radius 2 is 1.66 bits per heavy atom. The summed E-state index contributed by atoms with van der Waals surface area (Å²) < 4.78 is 19.1. The highest BCUT2D eigenvalue weighted by Crippen LogP contribution is 2.55. The number of rotatable bonds is 2. The number of ether oxygens (including phenoxy) is 2. The fourth-order valence-corrected chi connectivity index (χ4v) is 5.41. The molecule has 1 unspecified atom stereocenters. The predicted molar refractivity (Wildman–Crippen MR) is 138 cm³/mol. The molecule has 2 aliphatic rings. The van der Waals surface area contributed by atoms with E-state index in [9.17, 15) is 4.79 Å². The summed E-state index contributed by atoms with van der Waals surface area (Å²) in [6.07, 6.45) is 2.64. The first kappa shape index (κ1) is 21.5. The van der Waals surface area contributed by atoms with Crippen molar-refractivity contribution in [2.75, 3.05) is 19.0 Å². The minimum atomic E-state index is -0.823. The highest BCUT2D eigenvalue weighted by Gasteiger charge is 2.50. The molecule has 0 N–H and O–H groups in total. The van der Waals surface area contributed by atoms with Gasteiger partial charge in [0.15, 0.2) is 5.60 Å². The third-order valence-corrected chi connectivity index (χ3v) is 7.01. The van der Waals surface area contributed by atoms with Crippen LogP contribution < -0.4 is 20.0 Å². The second-order valence-corrected chi connectivity index (χ2v) is 10.2. The van der Waals surface area contributed by atoms with Gasteiger partial charge in [0.05, 0.1) is 10.9 Å². The van der Waals surface area contributed by atoms with Gasteiger partial charge >= 0.3 is 5.63 Å². The van der Waals surface area contributed by atoms with Crippen molar-refractivity contribution in [1.29, 1.82) is 0 Å². The first-order valence-corrected chi connectivity index (χ1v) is 11.8. The maximum absolute atomic E-state index is 13.1. The largest absolute Gasteiger partial charge is 0.477 e. The average molecular weight is 466 g/mol. The predicted octanol–water partition coefficient (Wildman–Crippen LogP) is 6.25. The van der Waals surface area contributed by atoms with Gasteiger partial charge < -0.3 is 18.8 Å². The summed E-state index contributed by atoms with van der Waals surface area (Å²) in [6, 6.07) is 23.8. The molecule has 1 spiro atoms. The Labute approximate surface area is 204 Å². The Morgan fingerprint density at radius 1 is 0.914 bits per heavy atom. The van der Waals surface area contributed by atoms with Crippen LogP contribution in [0.2, 0.25) is 0 Å². The van der Waals surface area contributed by atoms with Crippen LogP contribution in [0.4, 0.5) is 5.69 Å². The molecule has 1 aromatic heterocycles. The molecule has 0 bridgehead atoms. The van der Waals surface area contributed by atoms with Gasteiger partial charge in [-0.3, -0.25) is 0 Å². The number of fused-ring (bicyclic) bond motifs is 5. The molecule has 5 nitrogen and oxygen atoms in total. The summed E-state index contributed by atoms with van der Waals surface area (Å²) in [5.74, 6) is 2.07. The Morgan fingerprint density at radius 3 is 2.43 bits per heavy atom. The zero-order valence-electron chi connectivity index (χ0n) is 20.3. The van der Waals surface area contributed by atoms with Crippen LogP contribution in [0.5, 0.6) is 11.5 Å². The van der Waals surface area contributed by atoms with Crippen LogP contribution in [0.25, 0.3) is 16.7 Å². The number of hydrogen-bond acceptors (Lipinski definition) is 5. The van der Waals surface area contributed by atoms with Crippen LogP contribution in [0.15, 0.2) is 88.1 Å². The van der Waals surface area contributed by atoms with Gasteiger partial charge in [-0.15, -0.1) is 0 Å². The molecular weight excluding hydrogens is 438 g/mol. The van der Waals surface area contributed by atoms with E-state index in [1.807, 2.05) is 62.6 Å². The minimum absolute atomic E-state index is 0.346. The zero-order chi connectivity index (χ0) is 24.4. The minimum Gasteiger partial charge on any atom is -0.477 e. The van der Waals surface area contributed by atoms with Crippen LogP contribution in [-0.4, -0.2) is 14.1 Å². The van der Waals surface area contributed by atoms with Crippen molar-refractivity contribution in [3.8, 4) is 11.5 Å². The van der Waals surface area contributed by atoms with Crippen LogP contribution in [0, 0.1) is 0 Å². The quantitative estimate of drug-likeness (QED) is 0.328. The number of hydrogen-bond donors (Lipinski definition) is 0. The lowest BCUT2D eigenvalue weighted by Crippen LogP contribution is -2.46. The second-order valence-electron chi connectivity index (χ2n) is 10.2. The van der Waals surface area contributed by atoms with E-state index in [0.29, 0.717) is 23.3 Å². The van der Waals surface area contributed by atoms with Crippen molar-refractivity contribution in [2.45, 2.75) is 31.3 Å². The first-order chi connectivity index (χ1) is 16.8. The zero-order valence-corrected chi connectivity index (χ0v) is 20.3. The molecule has 0 saturated carbocycles. The number of benzene rings is 3. The van der Waals surface area contributed by atoms with E-state index in [4.69, 9.17) is 13.9 Å². The molecule has 0 radical (unpaired) electrons. The first-order valence-electron chi connectivity index (χ1n) is 11.8. The summed E-state index contributed by atoms with van der Waals surface area (Å²) in [5.41, 5.74) is 2.37. The summed E-state index contributed by atoms with van der Waals surface area (Å²) in [5, 5.41) is 0.793. The molecule has 4 aromatic rings. The van der Waals surface area contributed by atoms with E-state index in [0.717, 1.165) is 33.7 Å². The topological polar surface area (TPSA) is 51.9 Å². The van der Waals surface area contributed by atoms with Crippen LogP contribution >= 0.6 is 0 Å². The van der Waals surface area contributed by atoms with Crippen molar-refractivity contribution < 1.29 is 13.9 Å². The molecule has 0 saturated heterocycles. The van der Waals surface area contributed by atoms with Crippen molar-refractivity contribution in [3.05, 3.63) is 106 Å². The summed E-state index contributed by atoms with van der Waals surface area (Å²) in [6.45, 7) is 4.17. The fraction of sp³-hybridized carbons (Fsp3) is 0.233. The monoisotopic (exact) mass is 465 g/mol. The Balaban J connectivity index is 1.64. The maximum Gasteiger partial charge on any atom is 0.343 e. The standard InChI is InChI=1S/C30H27NO4/c1-29(2)18-30(35-27-21-12-8-9-13-23(21)34-28(32)26(27)29)17-25(19-10-6-5-7-11-19)33-24-16-20(31(3)4)14-15-22(24)30/h5-17H,18H2,1-4H3. The molecule has 0 fully saturated rings. The van der Waals surface area contributed by atoms with Crippen molar-refractivity contribution in [3.63, 3.8) is 0 Å². The van der Waals surface area contributed by atoms with Gasteiger partial charge in [0, 0.05) is 54.9 Å². The molecule has 176 valence electrons. The summed E-state index contributed by atoms with van der Waals surface area (Å²) >= 11 is 0. The van der Waals surface area contributed by atoms with E-state index in [1.54, 1.807) is 6.07 Å². The molecular formula is C30H27NO4. The molecule has 3 aromatic carbocycles. The van der Waals surface area contributed by atoms with Gasteiger partial charge in [-0.1, -0.05) is 56.3 Å². The van der Waals surface area contributed by atoms with Crippen molar-refractivity contribution in [1.82, 2.24) is 0 Å². The third kappa shape index (κ3) is 3.34. The van der Waals surface area contributed by atoms with Crippen molar-refractivity contribution in [2.24, 2.45) is 0 Å². The second kappa shape index (κ2) is 7.51. The average Bonchev–Trinajstić information content (AvgIpc) is 2.83. The SMILES string of the molecule is CN(C)c1ccc2c(c1)OC(c1ccccc1)=CC21CC(C)(C)c2c(c3ccccc3oc2=O)O1. The van der Waals surface area contributed by atoms with E-state index in [1.165, 1.54) is 0 Å². The molecule has 5 heteroatoms. The smallest absolute Gasteiger partial charge is 0.343 e. The Hall–Kier alpha value is -3.99. The Kier molecular flexibility index (Phi) is 4.62. The molecule has 0 aliphatic carbocycles. The van der Waals surface area contributed by atoms with Crippen LogP contribution in [-0.2, 0) is 11.0 Å². The lowest BCUT2D eigenvalue weighted by atomic mass is 9.69. The number of nitrogens with zero attached hydrogens (tertiary/aromatic N) is 1. The van der Waals surface area contributed by atoms with Gasteiger partial charge in [-0.25, -0.2) is 4.79 Å². The van der Waals surface area contributed by atoms with Crippen molar-refractivity contribution >= 4 is 22.4 Å². The molecule has 2 aliphatic heterocycles. The molecule has 3 heterocycles. The normalized spacial score (nSPS) is 19.8. The van der Waals surface area contributed by atoms with E-state index in [2.05, 4.69) is 43.0 Å². The Bertz CT molecular complexity index is 1550. The lowest BCUT2D eigenvalue weighted by molar-refractivity contribution is 0.0541. The molecule has 0 amide bonds. The van der Waals surface area contributed by atoms with E-state index < -0.39 is 11.0 Å². The van der Waals surface area contributed by atoms with Gasteiger partial charge in [0.25, 0.3) is 0 Å². The van der Waals surface area contributed by atoms with Crippen LogP contribution in [0.1, 0.15) is 37.0 Å². The number of anilines is 1. The van der Waals surface area contributed by atoms with Gasteiger partial charge in [0.1, 0.15) is 22.8 Å². The molecule has 1 atom stereocenters. The third-order valence-electron chi connectivity index (χ3n) is 7.01. The fourth-order valence-electron chi connectivity index (χ4n) is 5.41. The molecule has 6 rings (SSSR count). The molecule has 35 heavy (non-hydrogen) atoms. The summed E-state index contributed by atoms with van der Waals surface area (Å²) in [7, 11) is 4.02. The summed E-state index contributed by atoms with van der Waals surface area (Å²) in [4.78, 5) is 15.2. The highest BCUT2D eigenvalue weighted by molar-refractivity contribution is 5.85.